The van der Waals surface area contributed by atoms with Crippen molar-refractivity contribution in [2.24, 2.45) is 14.1 Å². The molecule has 0 amide bonds. The van der Waals surface area contributed by atoms with Gasteiger partial charge in [-0.25, -0.2) is 4.68 Å². The quantitative estimate of drug-likeness (QED) is 0.646. The summed E-state index contributed by atoms with van der Waals surface area (Å²) in [6, 6.07) is 0. The molecule has 0 N–H and O–H groups in total. The Morgan fingerprint density at radius 3 is 2.83 bits per heavy atom. The van der Waals surface area contributed by atoms with Crippen molar-refractivity contribution < 1.29 is 4.74 Å². The Hall–Kier alpha value is -2.26. The highest BCUT2D eigenvalue weighted by Gasteiger charge is 2.43. The maximum Gasteiger partial charge on any atom is 0.332 e. The number of nitrogens with zero attached hydrogens (tertiary/aromatic N) is 6. The maximum absolute atomic E-state index is 12.3. The third-order valence-electron chi connectivity index (χ3n) is 4.81. The van der Waals surface area contributed by atoms with E-state index in [4.69, 9.17) is 4.74 Å². The summed E-state index contributed by atoms with van der Waals surface area (Å²) < 4.78 is 10.4. The summed E-state index contributed by atoms with van der Waals surface area (Å²) in [5.74, 6) is 0.512. The van der Waals surface area contributed by atoms with Crippen LogP contribution in [0.1, 0.15) is 17.8 Å². The van der Waals surface area contributed by atoms with Crippen molar-refractivity contribution in [2.45, 2.75) is 31.7 Å². The van der Waals surface area contributed by atoms with Crippen LogP contribution in [0.25, 0.3) is 0 Å². The number of hydrogen-bond donors (Lipinski definition) is 0. The van der Waals surface area contributed by atoms with Crippen LogP contribution in [0.5, 0.6) is 0 Å². The minimum Gasteiger partial charge on any atom is -0.364 e. The van der Waals surface area contributed by atoms with Gasteiger partial charge in [0.1, 0.15) is 12.2 Å². The van der Waals surface area contributed by atoms with Gasteiger partial charge >= 0.3 is 11.1 Å². The highest BCUT2D eigenvalue weighted by Crippen LogP contribution is 2.31. The molecule has 9 nitrogen and oxygen atoms in total. The Morgan fingerprint density at radius 2 is 2.08 bits per heavy atom. The fourth-order valence-corrected chi connectivity index (χ4v) is 3.59. The average molecular weight is 332 g/mol. The maximum atomic E-state index is 12.3. The Morgan fingerprint density at radius 1 is 1.25 bits per heavy atom. The van der Waals surface area contributed by atoms with Gasteiger partial charge in [-0.2, -0.15) is 10.2 Å². The van der Waals surface area contributed by atoms with Crippen molar-refractivity contribution in [3.8, 4) is 0 Å². The van der Waals surface area contributed by atoms with Crippen molar-refractivity contribution in [3.63, 3.8) is 0 Å². The van der Waals surface area contributed by atoms with E-state index in [0.29, 0.717) is 12.4 Å². The summed E-state index contributed by atoms with van der Waals surface area (Å²) in [5, 5.41) is 8.33. The highest BCUT2D eigenvalue weighted by atomic mass is 16.5. The van der Waals surface area contributed by atoms with E-state index in [0.717, 1.165) is 36.3 Å². The smallest absolute Gasteiger partial charge is 0.332 e. The zero-order valence-corrected chi connectivity index (χ0v) is 13.8. The fraction of sp³-hybridized carbons (Fsp3) is 0.600. The van der Waals surface area contributed by atoms with E-state index in [1.54, 1.807) is 4.68 Å². The molecule has 2 aromatic heterocycles. The number of fused-ring (bicyclic) bond motifs is 1. The van der Waals surface area contributed by atoms with E-state index in [-0.39, 0.29) is 6.61 Å². The molecule has 1 saturated heterocycles. The van der Waals surface area contributed by atoms with E-state index < -0.39 is 16.7 Å². The first kappa shape index (κ1) is 15.3. The molecule has 2 aromatic rings. The standard InChI is InChI=1S/C15H20N6O3/c1-18-6-11(5-16-18)7-20-4-3-15(9-20)10-21-12(8-24-15)17-19(2)13(22)14(21)23/h5-6H,3-4,7-10H2,1-2H3/t15-/m1/s1. The van der Waals surface area contributed by atoms with Crippen molar-refractivity contribution in [1.29, 1.82) is 0 Å². The number of rotatable bonds is 2. The van der Waals surface area contributed by atoms with Gasteiger partial charge in [0.15, 0.2) is 5.82 Å². The van der Waals surface area contributed by atoms with Gasteiger partial charge < -0.3 is 4.74 Å². The molecule has 0 aliphatic carbocycles. The zero-order valence-electron chi connectivity index (χ0n) is 13.8. The SMILES string of the molecule is Cn1cc(CN2CC[C@@]3(C2)Cn2c(nn(C)c(=O)c2=O)CO3)cn1. The second-order valence-corrected chi connectivity index (χ2v) is 6.69. The lowest BCUT2D eigenvalue weighted by atomic mass is 10.0. The monoisotopic (exact) mass is 332 g/mol. The van der Waals surface area contributed by atoms with E-state index in [1.807, 2.05) is 19.4 Å². The van der Waals surface area contributed by atoms with Crippen LogP contribution in [0.15, 0.2) is 22.0 Å². The molecule has 0 aromatic carbocycles. The molecule has 4 rings (SSSR count). The lowest BCUT2D eigenvalue weighted by molar-refractivity contribution is -0.0858. The summed E-state index contributed by atoms with van der Waals surface area (Å²) in [6.07, 6.45) is 4.69. The van der Waals surface area contributed by atoms with Crippen LogP contribution >= 0.6 is 0 Å². The first-order valence-electron chi connectivity index (χ1n) is 7.97. The van der Waals surface area contributed by atoms with Crippen LogP contribution < -0.4 is 11.1 Å². The molecule has 2 aliphatic rings. The average Bonchev–Trinajstić information content (AvgIpc) is 3.13. The predicted molar refractivity (Wildman–Crippen MR) is 84.4 cm³/mol. The first-order valence-corrected chi connectivity index (χ1v) is 7.97. The first-order chi connectivity index (χ1) is 11.5. The molecule has 1 spiro atoms. The molecule has 1 atom stereocenters. The minimum absolute atomic E-state index is 0.254. The molecule has 24 heavy (non-hydrogen) atoms. The van der Waals surface area contributed by atoms with Crippen molar-refractivity contribution in [2.75, 3.05) is 13.1 Å². The molecule has 4 heterocycles. The topological polar surface area (TPSA) is 87.2 Å². The summed E-state index contributed by atoms with van der Waals surface area (Å²) >= 11 is 0. The number of aromatic nitrogens is 5. The van der Waals surface area contributed by atoms with E-state index in [2.05, 4.69) is 15.1 Å². The van der Waals surface area contributed by atoms with Gasteiger partial charge in [0.05, 0.1) is 12.7 Å². The van der Waals surface area contributed by atoms with Gasteiger partial charge in [0.2, 0.25) is 0 Å². The Balaban J connectivity index is 1.55. The summed E-state index contributed by atoms with van der Waals surface area (Å²) in [6.45, 7) is 3.05. The van der Waals surface area contributed by atoms with Crippen molar-refractivity contribution in [3.05, 3.63) is 44.5 Å². The Labute approximate surface area is 138 Å². The van der Waals surface area contributed by atoms with Crippen LogP contribution in [0.3, 0.4) is 0 Å². The largest absolute Gasteiger partial charge is 0.364 e. The molecule has 128 valence electrons. The summed E-state index contributed by atoms with van der Waals surface area (Å²) in [5.41, 5.74) is -0.386. The molecule has 0 saturated carbocycles. The Bertz CT molecular complexity index is 897. The second kappa shape index (κ2) is 5.38. The van der Waals surface area contributed by atoms with Gasteiger partial charge in [0, 0.05) is 45.5 Å². The zero-order chi connectivity index (χ0) is 16.9. The number of aryl methyl sites for hydroxylation is 2. The highest BCUT2D eigenvalue weighted by molar-refractivity contribution is 5.06. The van der Waals surface area contributed by atoms with Crippen molar-refractivity contribution >= 4 is 0 Å². The van der Waals surface area contributed by atoms with E-state index in [1.165, 1.54) is 11.6 Å². The van der Waals surface area contributed by atoms with Crippen LogP contribution in [-0.2, 0) is 38.5 Å². The van der Waals surface area contributed by atoms with Crippen LogP contribution in [0, 0.1) is 0 Å². The molecule has 2 aliphatic heterocycles. The van der Waals surface area contributed by atoms with E-state index in [9.17, 15) is 9.59 Å². The predicted octanol–water partition coefficient (Wildman–Crippen LogP) is -1.15. The third-order valence-corrected chi connectivity index (χ3v) is 4.81. The van der Waals surface area contributed by atoms with Gasteiger partial charge in [-0.05, 0) is 6.42 Å². The number of hydrogen-bond acceptors (Lipinski definition) is 6. The molecule has 0 unspecified atom stereocenters. The van der Waals surface area contributed by atoms with Crippen molar-refractivity contribution in [1.82, 2.24) is 29.0 Å². The number of ether oxygens (including phenoxy) is 1. The summed E-state index contributed by atoms with van der Waals surface area (Å²) in [7, 11) is 3.39. The molecular weight excluding hydrogens is 312 g/mol. The van der Waals surface area contributed by atoms with Crippen LogP contribution in [0.2, 0.25) is 0 Å². The normalized spacial score (nSPS) is 23.8. The molecular formula is C15H20N6O3. The Kier molecular flexibility index (Phi) is 3.43. The van der Waals surface area contributed by atoms with Crippen LogP contribution in [0.4, 0.5) is 0 Å². The minimum atomic E-state index is -0.596. The van der Waals surface area contributed by atoms with Gasteiger partial charge in [0.25, 0.3) is 0 Å². The van der Waals surface area contributed by atoms with E-state index >= 15 is 0 Å². The molecule has 1 fully saturated rings. The molecule has 9 heteroatoms. The van der Waals surface area contributed by atoms with Crippen LogP contribution in [-0.4, -0.2) is 47.7 Å². The second-order valence-electron chi connectivity index (χ2n) is 6.69. The lowest BCUT2D eigenvalue weighted by Crippen LogP contribution is -2.52. The molecule has 0 radical (unpaired) electrons. The molecule has 0 bridgehead atoms. The number of likely N-dealkylation sites (tertiary alicyclic amines) is 1. The van der Waals surface area contributed by atoms with Gasteiger partial charge in [-0.3, -0.25) is 23.7 Å². The lowest BCUT2D eigenvalue weighted by Gasteiger charge is -2.35. The van der Waals surface area contributed by atoms with Gasteiger partial charge in [-0.1, -0.05) is 0 Å². The van der Waals surface area contributed by atoms with Gasteiger partial charge in [-0.15, -0.1) is 0 Å². The summed E-state index contributed by atoms with van der Waals surface area (Å²) in [4.78, 5) is 26.4. The third kappa shape index (κ3) is 2.49. The fourth-order valence-electron chi connectivity index (χ4n) is 3.59.